The molecule has 0 radical (unpaired) electrons. The van der Waals surface area contributed by atoms with E-state index in [0.29, 0.717) is 12.8 Å². The van der Waals surface area contributed by atoms with Crippen molar-refractivity contribution in [3.05, 3.63) is 60.7 Å². The maximum Gasteiger partial charge on any atom is 0.481 e. The summed E-state index contributed by atoms with van der Waals surface area (Å²) in [5, 5.41) is 53.6. The van der Waals surface area contributed by atoms with Crippen molar-refractivity contribution >= 4 is 116 Å². The maximum absolute atomic E-state index is 13.2. The second kappa shape index (κ2) is 41.2. The van der Waals surface area contributed by atoms with Gasteiger partial charge in [-0.15, -0.1) is 0 Å². The molecule has 7 rings (SSSR count). The second-order valence-electron chi connectivity index (χ2n) is 30.5. The lowest BCUT2D eigenvalue weighted by Gasteiger charge is -2.30. The van der Waals surface area contributed by atoms with E-state index in [1.807, 2.05) is 27.7 Å². The van der Waals surface area contributed by atoms with E-state index in [-0.39, 0.29) is 97.4 Å². The van der Waals surface area contributed by atoms with Gasteiger partial charge in [-0.25, -0.2) is 57.3 Å². The molecular weight excluding hydrogens is 1690 g/mol. The first-order chi connectivity index (χ1) is 54.6. The van der Waals surface area contributed by atoms with Crippen LogP contribution in [0.5, 0.6) is 0 Å². The molecule has 2 saturated heterocycles. The van der Waals surface area contributed by atoms with Crippen LogP contribution in [-0.2, 0) is 114 Å². The van der Waals surface area contributed by atoms with Gasteiger partial charge in [0.25, 0.3) is 0 Å². The van der Waals surface area contributed by atoms with Gasteiger partial charge in [0.15, 0.2) is 35.4 Å². The number of amides is 4. The molecule has 118 heavy (non-hydrogen) atoms. The molecule has 2 aliphatic rings. The van der Waals surface area contributed by atoms with Gasteiger partial charge in [0.05, 0.1) is 39.1 Å². The Morgan fingerprint density at radius 3 is 1.15 bits per heavy atom. The number of phosphoric acid groups is 6. The van der Waals surface area contributed by atoms with Crippen molar-refractivity contribution in [2.24, 2.45) is 21.7 Å². The zero-order chi connectivity index (χ0) is 88.0. The molecule has 2 aliphatic heterocycles. The lowest BCUT2D eigenvalue weighted by atomic mass is 9.81. The lowest BCUT2D eigenvalue weighted by Crippen LogP contribution is -2.46. The number of phosphoric ester groups is 6. The highest BCUT2D eigenvalue weighted by atomic mass is 31.3. The highest BCUT2D eigenvalue weighted by Gasteiger charge is 2.53. The number of nitrogen functional groups attached to an aromatic ring is 2. The van der Waals surface area contributed by atoms with Gasteiger partial charge in [-0.05, 0) is 49.7 Å². The summed E-state index contributed by atoms with van der Waals surface area (Å²) >= 11 is 0. The van der Waals surface area contributed by atoms with E-state index in [2.05, 4.69) is 93.1 Å². The molecule has 4 aromatic heterocycles. The quantitative estimate of drug-likeness (QED) is 0.0195. The number of aliphatic hydroxyl groups is 4. The standard InChI is InChI=1S/C64H102N14O34P6/c1-61(2,41(79)19-25-67-43(81)21-27-69-57(87)51(85)63(5,6)31-105-117(99,100)111-115(95,96)103-29-39-49(109-113(89,90)91)47(83)59(107-39)77-35-75-45-53(65)71-33-73-55(45)77)23-11-9-13-37-15-17-38(18-16-37)14-10-12-24-62(3,4)42(80)20-26-68-44(82)22-28-70-58(88)52(86)64(7,8)32-106-118(101,102)112-116(97,98)104-30-40-50(110-114(92,93)94)48(84)60(108-40)78-36-76-46-54(66)72-34-74-56(46)78/h15-18,33-36,39-40,47-52,59-60,83-86H,9-14,19-32H2,1-8H3,(H,67,81)(H,68,82)(H,69,87)(H,70,88)(H,95,96)(H,97,98)(H,99,100)(H,101,102)(H2,65,71,73)(H2,66,72,74)(H2,89,90,91)(H2,92,93,94). The zero-order valence-corrected chi connectivity index (χ0v) is 70.7. The first kappa shape index (κ1) is 98.7. The van der Waals surface area contributed by atoms with E-state index >= 15 is 0 Å². The molecule has 48 nitrogen and oxygen atoms in total. The van der Waals surface area contributed by atoms with E-state index in [4.69, 9.17) is 39.0 Å². The molecule has 14 atom stereocenters. The van der Waals surface area contributed by atoms with Crippen molar-refractivity contribution in [1.29, 1.82) is 0 Å². The van der Waals surface area contributed by atoms with Crippen LogP contribution < -0.4 is 32.7 Å². The van der Waals surface area contributed by atoms with Gasteiger partial charge < -0.3 is 102 Å². The van der Waals surface area contributed by atoms with E-state index < -0.39 is 180 Å². The monoisotopic (exact) mass is 1800 g/mol. The number of ether oxygens (including phenoxy) is 2. The molecule has 4 amide bonds. The maximum atomic E-state index is 13.2. The van der Waals surface area contributed by atoms with Gasteiger partial charge in [0.2, 0.25) is 23.6 Å². The summed E-state index contributed by atoms with van der Waals surface area (Å²) < 4.78 is 126. The third-order valence-corrected chi connectivity index (χ3v) is 25.3. The molecule has 0 spiro atoms. The molecule has 14 unspecified atom stereocenters. The average molecular weight is 1800 g/mol. The largest absolute Gasteiger partial charge is 0.481 e. The molecule has 0 aliphatic carbocycles. The SMILES string of the molecule is CC(C)(CCCCc1ccc(CCCCC(C)(C)C(=O)CCNC(=O)CCNC(=O)C(O)C(C)(C)COP(=O)(O)OP(=O)(O)OCC2OC(n3cnc4c(N)ncnc43)C(O)C2OP(=O)(O)O)cc1)C(=O)CCNC(=O)CCNC(=O)C(O)C(C)(C)COP(=O)(O)OP(=O)(O)OCC1OC(n2cnc3c(N)ncnc32)C(O)C1OP(=O)(O)O. The number of aromatic nitrogens is 8. The Bertz CT molecular complexity index is 4340. The summed E-state index contributed by atoms with van der Waals surface area (Å²) in [5.74, 6) is -3.40. The van der Waals surface area contributed by atoms with Crippen LogP contribution in [0.25, 0.3) is 22.3 Å². The Labute approximate surface area is 674 Å². The van der Waals surface area contributed by atoms with E-state index in [0.717, 1.165) is 84.1 Å². The first-order valence-corrected chi connectivity index (χ1v) is 45.6. The number of benzene rings is 1. The number of nitrogens with zero attached hydrogens (tertiary/aromatic N) is 8. The number of carbonyl (C=O) groups is 6. The fourth-order valence-corrected chi connectivity index (χ4v) is 17.8. The van der Waals surface area contributed by atoms with Crippen molar-refractivity contribution in [1.82, 2.24) is 60.3 Å². The summed E-state index contributed by atoms with van der Waals surface area (Å²) in [6, 6.07) is 8.21. The fourth-order valence-electron chi connectivity index (χ4n) is 12.1. The minimum atomic E-state index is -5.65. The molecular formula is C64H102N14O34P6. The summed E-state index contributed by atoms with van der Waals surface area (Å²) in [6.45, 7) is 7.46. The Kier molecular flexibility index (Phi) is 34.5. The minimum absolute atomic E-state index is 0.00387. The highest BCUT2D eigenvalue weighted by Crippen LogP contribution is 2.63. The number of aliphatic hydroxyl groups excluding tert-OH is 4. The number of nitrogens with two attached hydrogens (primary N) is 2. The third-order valence-electron chi connectivity index (χ3n) is 19.1. The minimum Gasteiger partial charge on any atom is -0.386 e. The Hall–Kier alpha value is -6.36. The van der Waals surface area contributed by atoms with Gasteiger partial charge in [-0.2, -0.15) is 8.62 Å². The van der Waals surface area contributed by atoms with Crippen molar-refractivity contribution in [3.63, 3.8) is 0 Å². The molecule has 0 bridgehead atoms. The molecule has 6 heterocycles. The van der Waals surface area contributed by atoms with Gasteiger partial charge in [0.1, 0.15) is 84.1 Å². The number of Topliss-reactive ketones (excluding diaryl/α,β-unsaturated/α-hetero) is 2. The van der Waals surface area contributed by atoms with Gasteiger partial charge in [-0.3, -0.25) is 65.0 Å². The Morgan fingerprint density at radius 1 is 0.483 bits per heavy atom. The first-order valence-electron chi connectivity index (χ1n) is 36.5. The normalized spacial score (nSPS) is 21.6. The number of unbranched alkanes of at least 4 members (excludes halogenated alkanes) is 2. The molecule has 2 fully saturated rings. The molecule has 20 N–H and O–H groups in total. The van der Waals surface area contributed by atoms with Crippen LogP contribution in [0.3, 0.4) is 0 Å². The number of anilines is 2. The van der Waals surface area contributed by atoms with Crippen molar-refractivity contribution in [2.45, 2.75) is 194 Å². The number of fused-ring (bicyclic) bond motifs is 2. The fraction of sp³-hybridized carbons (Fsp3) is 0.656. The summed E-state index contributed by atoms with van der Waals surface area (Å²) in [7, 11) is -33.2. The van der Waals surface area contributed by atoms with Crippen LogP contribution in [0.1, 0.15) is 143 Å². The topological polar surface area (TPSA) is 727 Å². The number of hydrogen-bond acceptors (Lipinski definition) is 34. The van der Waals surface area contributed by atoms with Gasteiger partial charge >= 0.3 is 46.9 Å². The summed E-state index contributed by atoms with van der Waals surface area (Å²) in [6.07, 6.45) is -8.70. The number of carbonyl (C=O) groups excluding carboxylic acids is 6. The van der Waals surface area contributed by atoms with E-state index in [1.54, 1.807) is 0 Å². The van der Waals surface area contributed by atoms with Crippen molar-refractivity contribution < 1.29 is 161 Å². The summed E-state index contributed by atoms with van der Waals surface area (Å²) in [5.41, 5.74) is 9.18. The average Bonchev–Trinajstić information content (AvgIpc) is 1.62. The molecule has 662 valence electrons. The Morgan fingerprint density at radius 2 is 0.814 bits per heavy atom. The number of imidazole rings is 2. The Balaban J connectivity index is 0.698. The number of ketones is 2. The van der Waals surface area contributed by atoms with Crippen LogP contribution >= 0.6 is 46.9 Å². The van der Waals surface area contributed by atoms with Crippen LogP contribution in [-0.4, -0.2) is 235 Å². The van der Waals surface area contributed by atoms with Crippen LogP contribution in [0, 0.1) is 21.7 Å². The molecule has 0 saturated carbocycles. The predicted molar refractivity (Wildman–Crippen MR) is 408 cm³/mol. The number of hydrogen-bond donors (Lipinski definition) is 18. The van der Waals surface area contributed by atoms with E-state index in [1.165, 1.54) is 27.7 Å². The van der Waals surface area contributed by atoms with E-state index in [9.17, 15) is 116 Å². The van der Waals surface area contributed by atoms with Gasteiger partial charge in [-0.1, -0.05) is 92.5 Å². The van der Waals surface area contributed by atoms with Crippen LogP contribution in [0.4, 0.5) is 11.6 Å². The van der Waals surface area contributed by atoms with Crippen molar-refractivity contribution in [2.75, 3.05) is 64.1 Å². The second-order valence-corrected chi connectivity index (χ2v) is 39.0. The zero-order valence-electron chi connectivity index (χ0n) is 65.3. The summed E-state index contributed by atoms with van der Waals surface area (Å²) in [4.78, 5) is 181. The van der Waals surface area contributed by atoms with Crippen molar-refractivity contribution in [3.8, 4) is 0 Å². The predicted octanol–water partition coefficient (Wildman–Crippen LogP) is 1.92. The lowest BCUT2D eigenvalue weighted by molar-refractivity contribution is -0.137. The highest BCUT2D eigenvalue weighted by molar-refractivity contribution is 7.61. The molecule has 5 aromatic rings. The van der Waals surface area contributed by atoms with Crippen LogP contribution in [0.15, 0.2) is 49.6 Å². The van der Waals surface area contributed by atoms with Gasteiger partial charge in [0, 0.05) is 73.5 Å². The number of nitrogens with one attached hydrogen (secondary N) is 4. The smallest absolute Gasteiger partial charge is 0.386 e. The number of aryl methyl sites for hydroxylation is 2. The molecule has 54 heteroatoms. The molecule has 1 aromatic carbocycles. The van der Waals surface area contributed by atoms with Crippen LogP contribution in [0.2, 0.25) is 0 Å². The third kappa shape index (κ3) is 29.4. The number of rotatable bonds is 50.